The highest BCUT2D eigenvalue weighted by atomic mass is 16.5. The molecule has 0 saturated carbocycles. The third kappa shape index (κ3) is 3.54. The number of hydrogen-bond acceptors (Lipinski definition) is 5. The van der Waals surface area contributed by atoms with E-state index in [2.05, 4.69) is 22.0 Å². The highest BCUT2D eigenvalue weighted by Gasteiger charge is 2.26. The van der Waals surface area contributed by atoms with E-state index < -0.39 is 6.10 Å². The Kier molecular flexibility index (Phi) is 4.55. The molecule has 1 aromatic carbocycles. The van der Waals surface area contributed by atoms with Gasteiger partial charge in [-0.25, -0.2) is 0 Å². The predicted octanol–water partition coefficient (Wildman–Crippen LogP) is 2.60. The SMILES string of the molecule is Cc1ccc(C(O)CN2CCC(c3nc(C)no3)CC2)cc1. The third-order valence-electron chi connectivity index (χ3n) is 4.37. The minimum absolute atomic E-state index is 0.356. The normalized spacial score (nSPS) is 18.5. The second-order valence-corrected chi connectivity index (χ2v) is 6.18. The molecule has 5 heteroatoms. The van der Waals surface area contributed by atoms with Crippen LogP contribution in [0.2, 0.25) is 0 Å². The average Bonchev–Trinajstić information content (AvgIpc) is 2.95. The van der Waals surface area contributed by atoms with Crippen LogP contribution in [0.4, 0.5) is 0 Å². The molecule has 0 aliphatic carbocycles. The fraction of sp³-hybridized carbons (Fsp3) is 0.529. The Bertz CT molecular complexity index is 601. The first-order valence-corrected chi connectivity index (χ1v) is 7.89. The van der Waals surface area contributed by atoms with Crippen LogP contribution in [0.15, 0.2) is 28.8 Å². The molecule has 0 bridgehead atoms. The van der Waals surface area contributed by atoms with Crippen LogP contribution in [0.25, 0.3) is 0 Å². The van der Waals surface area contributed by atoms with Crippen molar-refractivity contribution in [2.75, 3.05) is 19.6 Å². The fourth-order valence-corrected chi connectivity index (χ4v) is 2.98. The molecule has 2 heterocycles. The predicted molar refractivity (Wildman–Crippen MR) is 83.6 cm³/mol. The van der Waals surface area contributed by atoms with Gasteiger partial charge in [0.25, 0.3) is 0 Å². The van der Waals surface area contributed by atoms with E-state index in [-0.39, 0.29) is 0 Å². The van der Waals surface area contributed by atoms with Crippen molar-refractivity contribution >= 4 is 0 Å². The van der Waals surface area contributed by atoms with Crippen molar-refractivity contribution < 1.29 is 9.63 Å². The number of nitrogens with zero attached hydrogens (tertiary/aromatic N) is 3. The van der Waals surface area contributed by atoms with E-state index >= 15 is 0 Å². The summed E-state index contributed by atoms with van der Waals surface area (Å²) < 4.78 is 5.27. The van der Waals surface area contributed by atoms with Crippen LogP contribution >= 0.6 is 0 Å². The van der Waals surface area contributed by atoms with Crippen molar-refractivity contribution in [3.05, 3.63) is 47.1 Å². The maximum Gasteiger partial charge on any atom is 0.229 e. The smallest absolute Gasteiger partial charge is 0.229 e. The Morgan fingerprint density at radius 2 is 1.91 bits per heavy atom. The van der Waals surface area contributed by atoms with Gasteiger partial charge in [-0.3, -0.25) is 0 Å². The van der Waals surface area contributed by atoms with Gasteiger partial charge in [-0.15, -0.1) is 0 Å². The van der Waals surface area contributed by atoms with Gasteiger partial charge in [-0.1, -0.05) is 35.0 Å². The number of β-amino-alcohol motifs (C(OH)–C–C–N with tert-alkyl or cyclic N) is 1. The van der Waals surface area contributed by atoms with Crippen LogP contribution in [0.3, 0.4) is 0 Å². The Balaban J connectivity index is 1.52. The summed E-state index contributed by atoms with van der Waals surface area (Å²) in [6, 6.07) is 8.10. The highest BCUT2D eigenvalue weighted by Crippen LogP contribution is 2.27. The summed E-state index contributed by atoms with van der Waals surface area (Å²) in [5.74, 6) is 1.82. The van der Waals surface area contributed by atoms with Crippen LogP contribution in [0.5, 0.6) is 0 Å². The van der Waals surface area contributed by atoms with Gasteiger partial charge in [0.15, 0.2) is 5.82 Å². The summed E-state index contributed by atoms with van der Waals surface area (Å²) in [6.45, 7) is 6.49. The molecule has 118 valence electrons. The van der Waals surface area contributed by atoms with Crippen molar-refractivity contribution in [1.82, 2.24) is 15.0 Å². The van der Waals surface area contributed by atoms with Crippen molar-refractivity contribution in [2.45, 2.75) is 38.7 Å². The average molecular weight is 301 g/mol. The fourth-order valence-electron chi connectivity index (χ4n) is 2.98. The topological polar surface area (TPSA) is 62.4 Å². The Morgan fingerprint density at radius 1 is 1.23 bits per heavy atom. The van der Waals surface area contributed by atoms with Crippen LogP contribution < -0.4 is 0 Å². The number of rotatable bonds is 4. The van der Waals surface area contributed by atoms with Crippen molar-refractivity contribution in [2.24, 2.45) is 0 Å². The molecule has 0 radical (unpaired) electrons. The molecule has 1 N–H and O–H groups in total. The third-order valence-corrected chi connectivity index (χ3v) is 4.37. The number of aliphatic hydroxyl groups excluding tert-OH is 1. The van der Waals surface area contributed by atoms with Gasteiger partial charge < -0.3 is 14.5 Å². The maximum atomic E-state index is 10.4. The zero-order chi connectivity index (χ0) is 15.5. The molecule has 5 nitrogen and oxygen atoms in total. The first-order valence-electron chi connectivity index (χ1n) is 7.89. The standard InChI is InChI=1S/C17H23N3O2/c1-12-3-5-14(6-4-12)16(21)11-20-9-7-15(8-10-20)17-18-13(2)19-22-17/h3-6,15-16,21H,7-11H2,1-2H3. The molecule has 3 rings (SSSR count). The van der Waals surface area contributed by atoms with Crippen molar-refractivity contribution in [1.29, 1.82) is 0 Å². The summed E-state index contributed by atoms with van der Waals surface area (Å²) in [5, 5.41) is 14.2. The summed E-state index contributed by atoms with van der Waals surface area (Å²) in [6.07, 6.45) is 1.58. The van der Waals surface area contributed by atoms with E-state index in [1.165, 1.54) is 5.56 Å². The van der Waals surface area contributed by atoms with Gasteiger partial charge in [0.2, 0.25) is 5.89 Å². The zero-order valence-corrected chi connectivity index (χ0v) is 13.2. The molecule has 1 aromatic heterocycles. The lowest BCUT2D eigenvalue weighted by molar-refractivity contribution is 0.0941. The number of aliphatic hydroxyl groups is 1. The quantitative estimate of drug-likeness (QED) is 0.940. The monoisotopic (exact) mass is 301 g/mol. The van der Waals surface area contributed by atoms with Gasteiger partial charge >= 0.3 is 0 Å². The second-order valence-electron chi connectivity index (χ2n) is 6.18. The highest BCUT2D eigenvalue weighted by molar-refractivity contribution is 5.23. The Morgan fingerprint density at radius 3 is 2.50 bits per heavy atom. The molecular formula is C17H23N3O2. The molecule has 1 atom stereocenters. The minimum Gasteiger partial charge on any atom is -0.387 e. The molecule has 1 fully saturated rings. The first kappa shape index (κ1) is 15.2. The van der Waals surface area contributed by atoms with E-state index in [0.717, 1.165) is 37.4 Å². The molecule has 2 aromatic rings. The Labute approximate surface area is 131 Å². The molecule has 1 aliphatic heterocycles. The molecule has 0 spiro atoms. The largest absolute Gasteiger partial charge is 0.387 e. The van der Waals surface area contributed by atoms with Gasteiger partial charge in [0.1, 0.15) is 0 Å². The number of hydrogen-bond donors (Lipinski definition) is 1. The number of benzene rings is 1. The van der Waals surface area contributed by atoms with E-state index in [4.69, 9.17) is 4.52 Å². The lowest BCUT2D eigenvalue weighted by atomic mass is 9.96. The van der Waals surface area contributed by atoms with Crippen LogP contribution in [0.1, 0.15) is 47.7 Å². The van der Waals surface area contributed by atoms with Gasteiger partial charge in [-0.2, -0.15) is 4.98 Å². The van der Waals surface area contributed by atoms with E-state index in [1.54, 1.807) is 0 Å². The van der Waals surface area contributed by atoms with Crippen LogP contribution in [-0.2, 0) is 0 Å². The van der Waals surface area contributed by atoms with Gasteiger partial charge in [-0.05, 0) is 45.3 Å². The maximum absolute atomic E-state index is 10.4. The summed E-state index contributed by atoms with van der Waals surface area (Å²) >= 11 is 0. The van der Waals surface area contributed by atoms with E-state index in [0.29, 0.717) is 18.3 Å². The summed E-state index contributed by atoms with van der Waals surface area (Å²) in [5.41, 5.74) is 2.20. The zero-order valence-electron chi connectivity index (χ0n) is 13.2. The summed E-state index contributed by atoms with van der Waals surface area (Å²) in [7, 11) is 0. The number of aromatic nitrogens is 2. The lowest BCUT2D eigenvalue weighted by Crippen LogP contribution is -2.36. The van der Waals surface area contributed by atoms with Crippen LogP contribution in [0, 0.1) is 13.8 Å². The summed E-state index contributed by atoms with van der Waals surface area (Å²) in [4.78, 5) is 6.64. The van der Waals surface area contributed by atoms with Gasteiger partial charge in [0, 0.05) is 12.5 Å². The molecule has 22 heavy (non-hydrogen) atoms. The molecule has 1 unspecified atom stereocenters. The second kappa shape index (κ2) is 6.58. The first-order chi connectivity index (χ1) is 10.6. The van der Waals surface area contributed by atoms with Crippen molar-refractivity contribution in [3.8, 4) is 0 Å². The van der Waals surface area contributed by atoms with Gasteiger partial charge in [0.05, 0.1) is 6.10 Å². The van der Waals surface area contributed by atoms with E-state index in [1.807, 2.05) is 31.2 Å². The lowest BCUT2D eigenvalue weighted by Gasteiger charge is -2.31. The number of piperidine rings is 1. The molecule has 0 amide bonds. The number of aryl methyl sites for hydroxylation is 2. The molecular weight excluding hydrogens is 278 g/mol. The Hall–Kier alpha value is -1.72. The number of likely N-dealkylation sites (tertiary alicyclic amines) is 1. The molecule has 1 aliphatic rings. The molecule has 1 saturated heterocycles. The minimum atomic E-state index is -0.428. The van der Waals surface area contributed by atoms with E-state index in [9.17, 15) is 5.11 Å². The van der Waals surface area contributed by atoms with Crippen molar-refractivity contribution in [3.63, 3.8) is 0 Å². The van der Waals surface area contributed by atoms with Crippen LogP contribution in [-0.4, -0.2) is 39.8 Å².